The molecule has 4 nitrogen and oxygen atoms in total. The van der Waals surface area contributed by atoms with E-state index in [1.54, 1.807) is 0 Å². The molecule has 2 atom stereocenters. The minimum Gasteiger partial charge on any atom is -0.480 e. The summed E-state index contributed by atoms with van der Waals surface area (Å²) in [5.74, 6) is -0.0327. The molecular formula is C14H27NO3. The van der Waals surface area contributed by atoms with Crippen LogP contribution in [0.4, 0.5) is 0 Å². The van der Waals surface area contributed by atoms with Crippen molar-refractivity contribution in [3.63, 3.8) is 0 Å². The van der Waals surface area contributed by atoms with Crippen LogP contribution in [0.2, 0.25) is 0 Å². The third kappa shape index (κ3) is 4.25. The molecule has 1 fully saturated rings. The van der Waals surface area contributed by atoms with E-state index in [9.17, 15) is 9.90 Å². The predicted octanol–water partition coefficient (Wildman–Crippen LogP) is 2.42. The van der Waals surface area contributed by atoms with Gasteiger partial charge in [0.15, 0.2) is 0 Å². The second-order valence-electron chi connectivity index (χ2n) is 5.69. The molecular weight excluding hydrogens is 230 g/mol. The molecule has 0 amide bonds. The van der Waals surface area contributed by atoms with E-state index in [0.717, 1.165) is 19.4 Å². The fourth-order valence-electron chi connectivity index (χ4n) is 2.65. The minimum atomic E-state index is -0.753. The lowest BCUT2D eigenvalue weighted by Crippen LogP contribution is -2.50. The van der Waals surface area contributed by atoms with Crippen LogP contribution in [0.1, 0.15) is 52.9 Å². The van der Waals surface area contributed by atoms with E-state index in [1.165, 1.54) is 6.42 Å². The Bertz CT molecular complexity index is 268. The van der Waals surface area contributed by atoms with Gasteiger partial charge < -0.3 is 15.2 Å². The number of likely N-dealkylation sites (N-methyl/N-ethyl adjacent to an activating group) is 1. The van der Waals surface area contributed by atoms with E-state index in [1.807, 2.05) is 6.92 Å². The van der Waals surface area contributed by atoms with Crippen molar-refractivity contribution in [2.75, 3.05) is 13.2 Å². The Morgan fingerprint density at radius 2 is 2.28 bits per heavy atom. The number of carbonyl (C=O) groups is 1. The van der Waals surface area contributed by atoms with E-state index in [-0.39, 0.29) is 6.10 Å². The van der Waals surface area contributed by atoms with Crippen molar-refractivity contribution in [1.29, 1.82) is 0 Å². The second kappa shape index (κ2) is 7.10. The summed E-state index contributed by atoms with van der Waals surface area (Å²) in [5, 5.41) is 12.5. The quantitative estimate of drug-likeness (QED) is 0.656. The number of hydrogen-bond donors (Lipinski definition) is 2. The molecule has 0 aromatic carbocycles. The van der Waals surface area contributed by atoms with Crippen molar-refractivity contribution in [1.82, 2.24) is 5.32 Å². The van der Waals surface area contributed by atoms with Crippen LogP contribution in [-0.4, -0.2) is 35.9 Å². The minimum absolute atomic E-state index is 0.104. The largest absolute Gasteiger partial charge is 0.480 e. The number of carboxylic acid groups (broad SMARTS) is 1. The number of aliphatic carboxylic acids is 1. The van der Waals surface area contributed by atoms with Gasteiger partial charge in [0.2, 0.25) is 0 Å². The molecule has 1 aliphatic rings. The highest BCUT2D eigenvalue weighted by Crippen LogP contribution is 2.32. The summed E-state index contributed by atoms with van der Waals surface area (Å²) in [6, 6.07) is 0. The van der Waals surface area contributed by atoms with Gasteiger partial charge in [0.05, 0.1) is 6.10 Å². The van der Waals surface area contributed by atoms with E-state index >= 15 is 0 Å². The second-order valence-corrected chi connectivity index (χ2v) is 5.69. The van der Waals surface area contributed by atoms with E-state index in [4.69, 9.17) is 4.74 Å². The van der Waals surface area contributed by atoms with Gasteiger partial charge in [-0.3, -0.25) is 4.79 Å². The number of rotatable bonds is 8. The summed E-state index contributed by atoms with van der Waals surface area (Å²) in [4.78, 5) is 11.4. The van der Waals surface area contributed by atoms with E-state index < -0.39 is 11.5 Å². The molecule has 0 radical (unpaired) electrons. The molecule has 18 heavy (non-hydrogen) atoms. The highest BCUT2D eigenvalue weighted by Gasteiger charge is 2.45. The standard InChI is InChI=1S/C14H27NO3/c1-4-15-14(13(16)17)8-7-12(10-14)18-9-5-6-11(2)3/h11-12,15H,4-10H2,1-3H3,(H,16,17). The van der Waals surface area contributed by atoms with Crippen LogP contribution in [0.3, 0.4) is 0 Å². The van der Waals surface area contributed by atoms with Crippen LogP contribution in [0.25, 0.3) is 0 Å². The van der Waals surface area contributed by atoms with E-state index in [0.29, 0.717) is 25.3 Å². The first-order chi connectivity index (χ1) is 8.50. The monoisotopic (exact) mass is 257 g/mol. The molecule has 0 heterocycles. The van der Waals surface area contributed by atoms with Gasteiger partial charge in [-0.15, -0.1) is 0 Å². The first-order valence-electron chi connectivity index (χ1n) is 7.10. The van der Waals surface area contributed by atoms with Crippen molar-refractivity contribution >= 4 is 5.97 Å². The third-order valence-corrected chi connectivity index (χ3v) is 3.67. The zero-order chi connectivity index (χ0) is 13.6. The first kappa shape index (κ1) is 15.4. The van der Waals surface area contributed by atoms with Crippen molar-refractivity contribution < 1.29 is 14.6 Å². The normalized spacial score (nSPS) is 27.9. The van der Waals surface area contributed by atoms with Gasteiger partial charge in [-0.05, 0) is 38.1 Å². The maximum atomic E-state index is 11.4. The fourth-order valence-corrected chi connectivity index (χ4v) is 2.65. The number of ether oxygens (including phenoxy) is 1. The molecule has 2 unspecified atom stereocenters. The van der Waals surface area contributed by atoms with Crippen molar-refractivity contribution in [2.45, 2.75) is 64.5 Å². The highest BCUT2D eigenvalue weighted by atomic mass is 16.5. The van der Waals surface area contributed by atoms with Crippen molar-refractivity contribution in [2.24, 2.45) is 5.92 Å². The molecule has 0 bridgehead atoms. The summed E-state index contributed by atoms with van der Waals surface area (Å²) < 4.78 is 5.80. The molecule has 0 aromatic rings. The fraction of sp³-hybridized carbons (Fsp3) is 0.929. The Morgan fingerprint density at radius 1 is 1.56 bits per heavy atom. The molecule has 1 aliphatic carbocycles. The molecule has 4 heteroatoms. The number of nitrogens with one attached hydrogen (secondary N) is 1. The van der Waals surface area contributed by atoms with Gasteiger partial charge in [-0.1, -0.05) is 20.8 Å². The maximum Gasteiger partial charge on any atom is 0.323 e. The SMILES string of the molecule is CCNC1(C(=O)O)CCC(OCCCC(C)C)C1. The van der Waals surface area contributed by atoms with Crippen LogP contribution < -0.4 is 5.32 Å². The Morgan fingerprint density at radius 3 is 2.83 bits per heavy atom. The van der Waals surface area contributed by atoms with Gasteiger partial charge in [-0.25, -0.2) is 0 Å². The Kier molecular flexibility index (Phi) is 6.09. The summed E-state index contributed by atoms with van der Waals surface area (Å²) in [7, 11) is 0. The highest BCUT2D eigenvalue weighted by molar-refractivity contribution is 5.79. The molecule has 0 saturated heterocycles. The summed E-state index contributed by atoms with van der Waals surface area (Å²) in [5.41, 5.74) is -0.753. The zero-order valence-corrected chi connectivity index (χ0v) is 11.9. The molecule has 1 rings (SSSR count). The van der Waals surface area contributed by atoms with Gasteiger partial charge >= 0.3 is 5.97 Å². The number of carboxylic acids is 1. The average Bonchev–Trinajstić information content (AvgIpc) is 2.70. The van der Waals surface area contributed by atoms with Crippen LogP contribution in [0.15, 0.2) is 0 Å². The zero-order valence-electron chi connectivity index (χ0n) is 11.9. The molecule has 0 aromatic heterocycles. The Hall–Kier alpha value is -0.610. The maximum absolute atomic E-state index is 11.4. The molecule has 106 valence electrons. The average molecular weight is 257 g/mol. The third-order valence-electron chi connectivity index (χ3n) is 3.67. The summed E-state index contributed by atoms with van der Waals surface area (Å²) in [6.07, 6.45) is 4.45. The first-order valence-corrected chi connectivity index (χ1v) is 7.10. The van der Waals surface area contributed by atoms with Gasteiger partial charge in [0.25, 0.3) is 0 Å². The van der Waals surface area contributed by atoms with Crippen LogP contribution in [0, 0.1) is 5.92 Å². The lowest BCUT2D eigenvalue weighted by atomic mass is 9.98. The number of hydrogen-bond acceptors (Lipinski definition) is 3. The molecule has 2 N–H and O–H groups in total. The predicted molar refractivity (Wildman–Crippen MR) is 71.7 cm³/mol. The van der Waals surface area contributed by atoms with E-state index in [2.05, 4.69) is 19.2 Å². The summed E-state index contributed by atoms with van der Waals surface area (Å²) in [6.45, 7) is 7.80. The van der Waals surface area contributed by atoms with Crippen LogP contribution in [-0.2, 0) is 9.53 Å². The molecule has 1 saturated carbocycles. The van der Waals surface area contributed by atoms with Gasteiger partial charge in [-0.2, -0.15) is 0 Å². The van der Waals surface area contributed by atoms with Crippen LogP contribution >= 0.6 is 0 Å². The topological polar surface area (TPSA) is 58.6 Å². The lowest BCUT2D eigenvalue weighted by molar-refractivity contribution is -0.145. The summed E-state index contributed by atoms with van der Waals surface area (Å²) >= 11 is 0. The van der Waals surface area contributed by atoms with Gasteiger partial charge in [0.1, 0.15) is 5.54 Å². The van der Waals surface area contributed by atoms with Crippen molar-refractivity contribution in [3.8, 4) is 0 Å². The van der Waals surface area contributed by atoms with Crippen LogP contribution in [0.5, 0.6) is 0 Å². The Balaban J connectivity index is 2.32. The van der Waals surface area contributed by atoms with Crippen molar-refractivity contribution in [3.05, 3.63) is 0 Å². The smallest absolute Gasteiger partial charge is 0.323 e. The molecule has 0 spiro atoms. The lowest BCUT2D eigenvalue weighted by Gasteiger charge is -2.25. The van der Waals surface area contributed by atoms with Gasteiger partial charge in [0, 0.05) is 13.0 Å². The Labute approximate surface area is 110 Å². The molecule has 0 aliphatic heterocycles.